The maximum absolute atomic E-state index is 12.8. The molecule has 28 heavy (non-hydrogen) atoms. The van der Waals surface area contributed by atoms with Crippen LogP contribution in [0.15, 0.2) is 58.3 Å². The van der Waals surface area contributed by atoms with Crippen molar-refractivity contribution in [3.05, 3.63) is 83.9 Å². The predicted octanol–water partition coefficient (Wildman–Crippen LogP) is 1.71. The van der Waals surface area contributed by atoms with E-state index in [9.17, 15) is 14.9 Å². The molecule has 0 radical (unpaired) electrons. The number of fused-ring (bicyclic) bond motifs is 1. The number of ether oxygens (including phenoxy) is 1. The third-order valence-electron chi connectivity index (χ3n) is 4.40. The number of thiazole rings is 1. The van der Waals surface area contributed by atoms with E-state index in [0.717, 1.165) is 11.3 Å². The largest absolute Gasteiger partial charge is 0.497 e. The van der Waals surface area contributed by atoms with Gasteiger partial charge in [-0.3, -0.25) is 19.5 Å². The smallest absolute Gasteiger partial charge is 0.271 e. The highest BCUT2D eigenvalue weighted by molar-refractivity contribution is 7.07. The van der Waals surface area contributed by atoms with Crippen molar-refractivity contribution in [3.8, 4) is 5.75 Å². The Labute approximate surface area is 163 Å². The molecule has 2 aromatic carbocycles. The molecule has 0 N–H and O–H groups in total. The third kappa shape index (κ3) is 3.39. The summed E-state index contributed by atoms with van der Waals surface area (Å²) in [5.41, 5.74) is 1.43. The van der Waals surface area contributed by atoms with Crippen LogP contribution in [0.25, 0.3) is 6.08 Å². The zero-order valence-corrected chi connectivity index (χ0v) is 15.8. The molecule has 0 saturated heterocycles. The summed E-state index contributed by atoms with van der Waals surface area (Å²) < 4.78 is 7.32. The van der Waals surface area contributed by atoms with Crippen molar-refractivity contribution in [2.45, 2.75) is 6.67 Å². The van der Waals surface area contributed by atoms with Crippen LogP contribution >= 0.6 is 11.3 Å². The summed E-state index contributed by atoms with van der Waals surface area (Å²) in [6, 6.07) is 13.8. The number of hydrogen-bond donors (Lipinski definition) is 0. The topological polar surface area (TPSA) is 90.0 Å². The van der Waals surface area contributed by atoms with Crippen molar-refractivity contribution in [1.29, 1.82) is 0 Å². The Balaban J connectivity index is 1.67. The summed E-state index contributed by atoms with van der Waals surface area (Å²) in [5.74, 6) is 0.752. The molecule has 0 bridgehead atoms. The molecule has 9 heteroatoms. The second-order valence-electron chi connectivity index (χ2n) is 6.16. The summed E-state index contributed by atoms with van der Waals surface area (Å²) in [6.07, 6.45) is 1.82. The van der Waals surface area contributed by atoms with Gasteiger partial charge in [0, 0.05) is 17.8 Å². The molecule has 8 nitrogen and oxygen atoms in total. The minimum Gasteiger partial charge on any atom is -0.497 e. The second kappa shape index (κ2) is 7.28. The Hall–Kier alpha value is -3.46. The minimum atomic E-state index is -0.436. The van der Waals surface area contributed by atoms with Gasteiger partial charge in [-0.25, -0.2) is 4.99 Å². The van der Waals surface area contributed by atoms with Gasteiger partial charge in [0.05, 0.1) is 16.6 Å². The van der Waals surface area contributed by atoms with Gasteiger partial charge in [0.1, 0.15) is 19.1 Å². The minimum absolute atomic E-state index is 0.00879. The van der Waals surface area contributed by atoms with Crippen LogP contribution in [0.4, 0.5) is 11.4 Å². The van der Waals surface area contributed by atoms with Gasteiger partial charge in [0.2, 0.25) is 0 Å². The van der Waals surface area contributed by atoms with Crippen molar-refractivity contribution in [2.24, 2.45) is 4.99 Å². The average molecular weight is 396 g/mol. The van der Waals surface area contributed by atoms with E-state index >= 15 is 0 Å². The van der Waals surface area contributed by atoms with Gasteiger partial charge in [-0.2, -0.15) is 0 Å². The lowest BCUT2D eigenvalue weighted by molar-refractivity contribution is -0.384. The predicted molar refractivity (Wildman–Crippen MR) is 106 cm³/mol. The molecule has 1 aliphatic heterocycles. The van der Waals surface area contributed by atoms with Crippen molar-refractivity contribution >= 4 is 28.8 Å². The second-order valence-corrected chi connectivity index (χ2v) is 7.17. The van der Waals surface area contributed by atoms with Gasteiger partial charge in [0.25, 0.3) is 11.2 Å². The molecule has 4 rings (SSSR count). The van der Waals surface area contributed by atoms with E-state index in [-0.39, 0.29) is 11.2 Å². The highest BCUT2D eigenvalue weighted by atomic mass is 32.1. The molecule has 142 valence electrons. The Morgan fingerprint density at radius 3 is 2.75 bits per heavy atom. The Morgan fingerprint density at radius 2 is 2.04 bits per heavy atom. The normalized spacial score (nSPS) is 13.8. The lowest BCUT2D eigenvalue weighted by atomic mass is 10.2. The molecule has 3 aromatic rings. The van der Waals surface area contributed by atoms with Crippen LogP contribution in [-0.2, 0) is 6.67 Å². The van der Waals surface area contributed by atoms with Crippen LogP contribution in [0.1, 0.15) is 5.56 Å². The summed E-state index contributed by atoms with van der Waals surface area (Å²) in [4.78, 5) is 30.3. The standard InChI is InChI=1S/C19H16N4O4S/c1-27-16-7-5-13(6-8-16)9-17-18(24)22-12-21(11-20-19(22)28-17)14-3-2-4-15(10-14)23(25)26/h2-10H,11-12H2,1H3/b17-9-. The van der Waals surface area contributed by atoms with Crippen LogP contribution in [0.5, 0.6) is 5.75 Å². The number of nitrogens with zero attached hydrogens (tertiary/aromatic N) is 4. The molecule has 1 aromatic heterocycles. The summed E-state index contributed by atoms with van der Waals surface area (Å²) in [5, 5.41) is 11.0. The number of aromatic nitrogens is 1. The number of non-ortho nitro benzene ring substituents is 1. The van der Waals surface area contributed by atoms with E-state index in [2.05, 4.69) is 4.99 Å². The lowest BCUT2D eigenvalue weighted by Gasteiger charge is -2.25. The first-order valence-electron chi connectivity index (χ1n) is 8.44. The van der Waals surface area contributed by atoms with E-state index in [1.807, 2.05) is 35.2 Å². The van der Waals surface area contributed by atoms with Gasteiger partial charge in [-0.1, -0.05) is 29.5 Å². The van der Waals surface area contributed by atoms with Crippen LogP contribution in [0.2, 0.25) is 0 Å². The molecule has 2 heterocycles. The molecule has 1 aliphatic rings. The quantitative estimate of drug-likeness (QED) is 0.495. The maximum atomic E-state index is 12.8. The van der Waals surface area contributed by atoms with Gasteiger partial charge in [-0.05, 0) is 29.8 Å². The number of methoxy groups -OCH3 is 1. The number of benzene rings is 2. The molecule has 0 unspecified atom stereocenters. The molecular weight excluding hydrogens is 380 g/mol. The van der Waals surface area contributed by atoms with E-state index < -0.39 is 4.92 Å². The molecule has 0 saturated carbocycles. The summed E-state index contributed by atoms with van der Waals surface area (Å²) >= 11 is 1.33. The molecule has 0 aliphatic carbocycles. The average Bonchev–Trinajstić information content (AvgIpc) is 3.03. The van der Waals surface area contributed by atoms with Gasteiger partial charge >= 0.3 is 0 Å². The first-order chi connectivity index (χ1) is 13.5. The molecule has 0 amide bonds. The van der Waals surface area contributed by atoms with E-state index in [1.165, 1.54) is 23.5 Å². The molecule has 0 fully saturated rings. The van der Waals surface area contributed by atoms with E-state index in [4.69, 9.17) is 4.74 Å². The van der Waals surface area contributed by atoms with Gasteiger partial charge in [-0.15, -0.1) is 0 Å². The summed E-state index contributed by atoms with van der Waals surface area (Å²) in [7, 11) is 1.60. The van der Waals surface area contributed by atoms with Crippen molar-refractivity contribution in [2.75, 3.05) is 18.7 Å². The third-order valence-corrected chi connectivity index (χ3v) is 5.44. The van der Waals surface area contributed by atoms with E-state index in [0.29, 0.717) is 28.4 Å². The zero-order chi connectivity index (χ0) is 19.7. The van der Waals surface area contributed by atoms with Crippen molar-refractivity contribution in [1.82, 2.24) is 4.57 Å². The van der Waals surface area contributed by atoms with Crippen molar-refractivity contribution < 1.29 is 9.66 Å². The number of nitro groups is 1. The van der Waals surface area contributed by atoms with Crippen molar-refractivity contribution in [3.63, 3.8) is 0 Å². The first kappa shape index (κ1) is 17.9. The lowest BCUT2D eigenvalue weighted by Crippen LogP contribution is -2.42. The number of anilines is 1. The monoisotopic (exact) mass is 396 g/mol. The Morgan fingerprint density at radius 1 is 1.25 bits per heavy atom. The van der Waals surface area contributed by atoms with Crippen LogP contribution < -0.4 is 24.5 Å². The number of hydrogen-bond acceptors (Lipinski definition) is 7. The van der Waals surface area contributed by atoms with Gasteiger partial charge < -0.3 is 9.64 Å². The van der Waals surface area contributed by atoms with Crippen LogP contribution in [0, 0.1) is 10.1 Å². The number of nitro benzene ring substituents is 1. The van der Waals surface area contributed by atoms with Gasteiger partial charge in [0.15, 0.2) is 4.80 Å². The highest BCUT2D eigenvalue weighted by Gasteiger charge is 2.17. The SMILES string of the molecule is COc1ccc(/C=c2\sc3n(c2=O)CN(c2cccc([N+](=O)[O-])c2)CN=3)cc1. The summed E-state index contributed by atoms with van der Waals surface area (Å²) in [6.45, 7) is 0.634. The van der Waals surface area contributed by atoms with E-state index in [1.54, 1.807) is 23.8 Å². The highest BCUT2D eigenvalue weighted by Crippen LogP contribution is 2.21. The fraction of sp³-hybridized carbons (Fsp3) is 0.158. The molecular formula is C19H16N4O4S. The number of rotatable bonds is 4. The van der Waals surface area contributed by atoms with Crippen LogP contribution in [-0.4, -0.2) is 23.3 Å². The van der Waals surface area contributed by atoms with Crippen LogP contribution in [0.3, 0.4) is 0 Å². The fourth-order valence-electron chi connectivity index (χ4n) is 2.93. The zero-order valence-electron chi connectivity index (χ0n) is 14.9. The fourth-order valence-corrected chi connectivity index (χ4v) is 3.89. The molecule has 0 spiro atoms. The molecule has 0 atom stereocenters. The Kier molecular flexibility index (Phi) is 4.66. The first-order valence-corrected chi connectivity index (χ1v) is 9.26. The Bertz CT molecular complexity index is 1210. The maximum Gasteiger partial charge on any atom is 0.271 e.